The molecule has 0 bridgehead atoms. The zero-order valence-corrected chi connectivity index (χ0v) is 9.27. The van der Waals surface area contributed by atoms with E-state index in [1.165, 1.54) is 17.4 Å². The zero-order chi connectivity index (χ0) is 11.8. The molecule has 0 saturated carbocycles. The number of benzene rings is 1. The van der Waals surface area contributed by atoms with Crippen LogP contribution >= 0.6 is 11.3 Å². The van der Waals surface area contributed by atoms with Gasteiger partial charge < -0.3 is 9.52 Å². The maximum absolute atomic E-state index is 11.0. The molecule has 3 rings (SSSR count). The van der Waals surface area contributed by atoms with E-state index < -0.39 is 5.97 Å². The first-order valence-corrected chi connectivity index (χ1v) is 5.71. The molecule has 6 heteroatoms. The Balaban J connectivity index is 2.26. The molecule has 2 aromatic heterocycles. The summed E-state index contributed by atoms with van der Waals surface area (Å²) in [7, 11) is 0. The van der Waals surface area contributed by atoms with Gasteiger partial charge in [0.25, 0.3) is 0 Å². The third-order valence-electron chi connectivity index (χ3n) is 2.30. The van der Waals surface area contributed by atoms with Crippen molar-refractivity contribution in [3.63, 3.8) is 0 Å². The minimum Gasteiger partial charge on any atom is -0.478 e. The monoisotopic (exact) mass is 246 g/mol. The minimum atomic E-state index is -1.02. The Morgan fingerprint density at radius 1 is 1.41 bits per heavy atom. The first-order valence-electron chi connectivity index (χ1n) is 4.77. The van der Waals surface area contributed by atoms with Gasteiger partial charge in [-0.1, -0.05) is 6.07 Å². The molecule has 0 aliphatic carbocycles. The lowest BCUT2D eigenvalue weighted by Gasteiger charge is -1.92. The molecule has 0 spiro atoms. The van der Waals surface area contributed by atoms with E-state index in [0.29, 0.717) is 22.7 Å². The Morgan fingerprint density at radius 2 is 2.29 bits per heavy atom. The lowest BCUT2D eigenvalue weighted by molar-refractivity contribution is 0.0699. The number of carboxylic acid groups (broad SMARTS) is 1. The number of carbonyl (C=O) groups is 1. The fraction of sp³-hybridized carbons (Fsp3) is 0. The van der Waals surface area contributed by atoms with Gasteiger partial charge in [0.2, 0.25) is 5.89 Å². The second-order valence-electron chi connectivity index (χ2n) is 3.35. The third-order valence-corrected chi connectivity index (χ3v) is 2.89. The molecule has 3 aromatic rings. The fourth-order valence-electron chi connectivity index (χ4n) is 1.55. The summed E-state index contributed by atoms with van der Waals surface area (Å²) in [5, 5.41) is 10.8. The van der Waals surface area contributed by atoms with Crippen LogP contribution in [0.1, 0.15) is 10.4 Å². The number of thiazole rings is 1. The number of fused-ring (bicyclic) bond motifs is 1. The number of aromatic nitrogens is 2. The number of oxazole rings is 1. The second-order valence-corrected chi connectivity index (χ2v) is 4.07. The zero-order valence-electron chi connectivity index (χ0n) is 8.45. The quantitative estimate of drug-likeness (QED) is 0.752. The third kappa shape index (κ3) is 1.58. The van der Waals surface area contributed by atoms with E-state index in [1.807, 2.05) is 0 Å². The summed E-state index contributed by atoms with van der Waals surface area (Å²) in [5.74, 6) is -0.677. The van der Waals surface area contributed by atoms with Crippen LogP contribution in [0.5, 0.6) is 0 Å². The van der Waals surface area contributed by atoms with Gasteiger partial charge >= 0.3 is 5.97 Å². The van der Waals surface area contributed by atoms with Gasteiger partial charge in [-0.05, 0) is 12.1 Å². The summed E-state index contributed by atoms with van der Waals surface area (Å²) in [6, 6.07) is 4.81. The molecule has 5 nitrogen and oxygen atoms in total. The van der Waals surface area contributed by atoms with Crippen LogP contribution in [0.15, 0.2) is 33.5 Å². The molecule has 0 amide bonds. The van der Waals surface area contributed by atoms with Crippen molar-refractivity contribution >= 4 is 28.4 Å². The Hall–Kier alpha value is -2.21. The van der Waals surface area contributed by atoms with Crippen LogP contribution in [0.3, 0.4) is 0 Å². The number of carboxylic acids is 1. The summed E-state index contributed by atoms with van der Waals surface area (Å²) in [6.07, 6.45) is 0. The van der Waals surface area contributed by atoms with Gasteiger partial charge in [-0.25, -0.2) is 14.8 Å². The topological polar surface area (TPSA) is 76.2 Å². The van der Waals surface area contributed by atoms with Crippen LogP contribution in [0.4, 0.5) is 0 Å². The molecule has 0 unspecified atom stereocenters. The number of hydrogen-bond donors (Lipinski definition) is 1. The Kier molecular flexibility index (Phi) is 2.15. The molecular weight excluding hydrogens is 240 g/mol. The standard InChI is InChI=1S/C11H6N2O3S/c14-11(15)6-2-1-3-8-9(6)13-10(16-8)7-4-17-5-12-7/h1-5H,(H,14,15). The lowest BCUT2D eigenvalue weighted by Crippen LogP contribution is -1.96. The van der Waals surface area contributed by atoms with Gasteiger partial charge in [0.15, 0.2) is 5.58 Å². The fourth-order valence-corrected chi connectivity index (χ4v) is 2.07. The van der Waals surface area contributed by atoms with Crippen LogP contribution in [-0.2, 0) is 0 Å². The maximum Gasteiger partial charge on any atom is 0.338 e. The van der Waals surface area contributed by atoms with Gasteiger partial charge in [-0.2, -0.15) is 0 Å². The largest absolute Gasteiger partial charge is 0.478 e. The second kappa shape index (κ2) is 3.67. The van der Waals surface area contributed by atoms with Gasteiger partial charge in [-0.3, -0.25) is 0 Å². The molecule has 0 aliphatic rings. The molecule has 1 aromatic carbocycles. The van der Waals surface area contributed by atoms with E-state index in [1.54, 1.807) is 23.0 Å². The number of rotatable bonds is 2. The highest BCUT2D eigenvalue weighted by Crippen LogP contribution is 2.25. The molecule has 1 N–H and O–H groups in total. The van der Waals surface area contributed by atoms with Crippen molar-refractivity contribution in [1.82, 2.24) is 9.97 Å². The molecular formula is C11H6N2O3S. The van der Waals surface area contributed by atoms with Crippen LogP contribution in [0.2, 0.25) is 0 Å². The van der Waals surface area contributed by atoms with Gasteiger partial charge in [0, 0.05) is 5.38 Å². The highest BCUT2D eigenvalue weighted by atomic mass is 32.1. The first-order chi connectivity index (χ1) is 8.25. The summed E-state index contributed by atoms with van der Waals surface area (Å²) in [4.78, 5) is 19.3. The van der Waals surface area contributed by atoms with Crippen molar-refractivity contribution in [1.29, 1.82) is 0 Å². The summed E-state index contributed by atoms with van der Waals surface area (Å²) >= 11 is 1.43. The molecule has 2 heterocycles. The summed E-state index contributed by atoms with van der Waals surface area (Å²) in [6.45, 7) is 0. The number of hydrogen-bond acceptors (Lipinski definition) is 5. The SMILES string of the molecule is O=C(O)c1cccc2oc(-c3cscn3)nc12. The predicted molar refractivity (Wildman–Crippen MR) is 62.1 cm³/mol. The predicted octanol–water partition coefficient (Wildman–Crippen LogP) is 2.65. The van der Waals surface area contributed by atoms with E-state index >= 15 is 0 Å². The number of aromatic carboxylic acids is 1. The van der Waals surface area contributed by atoms with Gasteiger partial charge in [0.05, 0.1) is 11.1 Å². The Labute approximate surface area is 99.4 Å². The number of nitrogens with zero attached hydrogens (tertiary/aromatic N) is 2. The average molecular weight is 246 g/mol. The molecule has 0 fully saturated rings. The summed E-state index contributed by atoms with van der Waals surface area (Å²) < 4.78 is 5.47. The molecule has 84 valence electrons. The van der Waals surface area contributed by atoms with Gasteiger partial charge in [0.1, 0.15) is 11.2 Å². The Bertz CT molecular complexity index is 688. The maximum atomic E-state index is 11.0. The normalized spacial score (nSPS) is 10.8. The minimum absolute atomic E-state index is 0.132. The highest BCUT2D eigenvalue weighted by molar-refractivity contribution is 7.07. The van der Waals surface area contributed by atoms with E-state index in [9.17, 15) is 4.79 Å². The van der Waals surface area contributed by atoms with Crippen molar-refractivity contribution < 1.29 is 14.3 Å². The summed E-state index contributed by atoms with van der Waals surface area (Å²) in [5.41, 5.74) is 3.22. The lowest BCUT2D eigenvalue weighted by atomic mass is 10.2. The Morgan fingerprint density at radius 3 is 3.00 bits per heavy atom. The number of para-hydroxylation sites is 1. The van der Waals surface area contributed by atoms with Crippen LogP contribution in [0, 0.1) is 0 Å². The molecule has 0 aliphatic heterocycles. The molecule has 0 atom stereocenters. The van der Waals surface area contributed by atoms with E-state index in [2.05, 4.69) is 9.97 Å². The van der Waals surface area contributed by atoms with Crippen LogP contribution < -0.4 is 0 Å². The van der Waals surface area contributed by atoms with Crippen LogP contribution in [0.25, 0.3) is 22.7 Å². The molecule has 0 saturated heterocycles. The molecule has 17 heavy (non-hydrogen) atoms. The highest BCUT2D eigenvalue weighted by Gasteiger charge is 2.15. The smallest absolute Gasteiger partial charge is 0.338 e. The van der Waals surface area contributed by atoms with Crippen LogP contribution in [-0.4, -0.2) is 21.0 Å². The van der Waals surface area contributed by atoms with Gasteiger partial charge in [-0.15, -0.1) is 11.3 Å². The van der Waals surface area contributed by atoms with Crippen molar-refractivity contribution in [3.05, 3.63) is 34.7 Å². The first kappa shape index (κ1) is 9.98. The van der Waals surface area contributed by atoms with Crippen molar-refractivity contribution in [3.8, 4) is 11.6 Å². The molecule has 0 radical (unpaired) electrons. The van der Waals surface area contributed by atoms with Crippen molar-refractivity contribution in [2.45, 2.75) is 0 Å². The van der Waals surface area contributed by atoms with E-state index in [4.69, 9.17) is 9.52 Å². The average Bonchev–Trinajstić information content (AvgIpc) is 2.96. The van der Waals surface area contributed by atoms with Crippen molar-refractivity contribution in [2.24, 2.45) is 0 Å². The van der Waals surface area contributed by atoms with Crippen molar-refractivity contribution in [2.75, 3.05) is 0 Å². The van der Waals surface area contributed by atoms with E-state index in [-0.39, 0.29) is 5.56 Å². The van der Waals surface area contributed by atoms with E-state index in [0.717, 1.165) is 0 Å².